The van der Waals surface area contributed by atoms with Gasteiger partial charge in [-0.1, -0.05) is 0 Å². The van der Waals surface area contributed by atoms with Gasteiger partial charge in [-0.15, -0.1) is 0 Å². The number of hydrogen-bond acceptors (Lipinski definition) is 1. The van der Waals surface area contributed by atoms with Crippen molar-refractivity contribution in [3.8, 4) is 0 Å². The molecular weight excluding hydrogens is 169 g/mol. The molecule has 0 aliphatic carbocycles. The van der Waals surface area contributed by atoms with Gasteiger partial charge in [0.25, 0.3) is 0 Å². The zero-order chi connectivity index (χ0) is 4.28. The van der Waals surface area contributed by atoms with Crippen LogP contribution in [0.4, 0.5) is 0 Å². The number of hydrogen-bond donors (Lipinski definition) is 0. The molecule has 2 heteroatoms. The van der Waals surface area contributed by atoms with Gasteiger partial charge < -0.3 is 0 Å². The van der Waals surface area contributed by atoms with Crippen molar-refractivity contribution in [2.75, 3.05) is 13.6 Å². The molecular formula is C3H8NSn. The van der Waals surface area contributed by atoms with Crippen molar-refractivity contribution in [1.82, 2.24) is 3.12 Å². The molecule has 0 aliphatic rings. The van der Waals surface area contributed by atoms with Crippen LogP contribution in [0.2, 0.25) is 0 Å². The SMILES string of the molecule is CC[N](C)[Sn]. The normalized spacial score (nSPS) is 9.60. The second-order valence-electron chi connectivity index (χ2n) is 1.01. The summed E-state index contributed by atoms with van der Waals surface area (Å²) in [6.45, 7) is 3.33. The van der Waals surface area contributed by atoms with Crippen LogP contribution in [0, 0.1) is 0 Å². The molecule has 0 amide bonds. The first kappa shape index (κ1) is 5.76. The molecule has 0 aliphatic heterocycles. The molecule has 0 aromatic rings. The molecule has 5 heavy (non-hydrogen) atoms. The van der Waals surface area contributed by atoms with E-state index in [-0.39, 0.29) is 0 Å². The van der Waals surface area contributed by atoms with Gasteiger partial charge in [-0.05, 0) is 0 Å². The van der Waals surface area contributed by atoms with Crippen LogP contribution < -0.4 is 0 Å². The Kier molecular flexibility index (Phi) is 3.42. The van der Waals surface area contributed by atoms with Gasteiger partial charge in [0.15, 0.2) is 0 Å². The summed E-state index contributed by atoms with van der Waals surface area (Å²) < 4.78 is 2.22. The van der Waals surface area contributed by atoms with Crippen molar-refractivity contribution in [3.05, 3.63) is 0 Å². The maximum atomic E-state index is 2.22. The Morgan fingerprint density at radius 1 is 1.80 bits per heavy atom. The van der Waals surface area contributed by atoms with E-state index in [0.717, 1.165) is 0 Å². The topological polar surface area (TPSA) is 3.24 Å². The van der Waals surface area contributed by atoms with Crippen LogP contribution in [0.5, 0.6) is 0 Å². The molecule has 0 fully saturated rings. The van der Waals surface area contributed by atoms with Crippen molar-refractivity contribution >= 4 is 22.8 Å². The average Bonchev–Trinajstić information content (AvgIpc) is 1.38. The molecule has 0 rings (SSSR count). The molecule has 0 saturated heterocycles. The third kappa shape index (κ3) is 4.76. The molecule has 0 bridgehead atoms. The van der Waals surface area contributed by atoms with E-state index in [0.29, 0.717) is 0 Å². The average molecular weight is 177 g/mol. The summed E-state index contributed by atoms with van der Waals surface area (Å²) in [7, 11) is 2.10. The summed E-state index contributed by atoms with van der Waals surface area (Å²) in [5.41, 5.74) is 0. The number of nitrogens with zero attached hydrogens (tertiary/aromatic N) is 1. The molecule has 1 nitrogen and oxygen atoms in total. The Morgan fingerprint density at radius 2 is 2.00 bits per heavy atom. The minimum absolute atomic E-state index is 1.18. The molecule has 0 saturated carbocycles. The van der Waals surface area contributed by atoms with E-state index in [1.165, 1.54) is 29.3 Å². The van der Waals surface area contributed by atoms with Crippen LogP contribution in [0.15, 0.2) is 0 Å². The molecule has 0 atom stereocenters. The monoisotopic (exact) mass is 178 g/mol. The Bertz CT molecular complexity index is 20.9. The van der Waals surface area contributed by atoms with Gasteiger partial charge in [0, 0.05) is 0 Å². The maximum absolute atomic E-state index is 2.22. The van der Waals surface area contributed by atoms with Gasteiger partial charge in [0.05, 0.1) is 0 Å². The predicted molar refractivity (Wildman–Crippen MR) is 24.1 cm³/mol. The zero-order valence-electron chi connectivity index (χ0n) is 3.65. The van der Waals surface area contributed by atoms with Crippen LogP contribution in [-0.4, -0.2) is 39.5 Å². The Hall–Kier alpha value is 0.759. The van der Waals surface area contributed by atoms with Crippen LogP contribution >= 0.6 is 0 Å². The first-order valence-electron chi connectivity index (χ1n) is 1.69. The van der Waals surface area contributed by atoms with E-state index in [9.17, 15) is 0 Å². The Balaban J connectivity index is 2.54. The Labute approximate surface area is 46.8 Å². The van der Waals surface area contributed by atoms with E-state index >= 15 is 0 Å². The van der Waals surface area contributed by atoms with Crippen LogP contribution in [0.1, 0.15) is 6.92 Å². The van der Waals surface area contributed by atoms with Crippen LogP contribution in [0.25, 0.3) is 0 Å². The van der Waals surface area contributed by atoms with E-state index in [1.54, 1.807) is 0 Å². The molecule has 0 spiro atoms. The molecule has 0 aromatic carbocycles. The van der Waals surface area contributed by atoms with Gasteiger partial charge in [-0.3, -0.25) is 0 Å². The van der Waals surface area contributed by atoms with Crippen molar-refractivity contribution in [1.29, 1.82) is 0 Å². The fourth-order valence-corrected chi connectivity index (χ4v) is 0. The Morgan fingerprint density at radius 3 is 2.00 bits per heavy atom. The molecule has 0 N–H and O–H groups in total. The number of rotatable bonds is 1. The van der Waals surface area contributed by atoms with Crippen LogP contribution in [-0.2, 0) is 0 Å². The zero-order valence-corrected chi connectivity index (χ0v) is 6.51. The van der Waals surface area contributed by atoms with Gasteiger partial charge in [-0.25, -0.2) is 0 Å². The van der Waals surface area contributed by atoms with E-state index < -0.39 is 0 Å². The van der Waals surface area contributed by atoms with Gasteiger partial charge in [0.1, 0.15) is 0 Å². The fraction of sp³-hybridized carbons (Fsp3) is 1.00. The third-order valence-electron chi connectivity index (χ3n) is 0.474. The van der Waals surface area contributed by atoms with Gasteiger partial charge >= 0.3 is 46.4 Å². The second kappa shape index (κ2) is 2.97. The first-order chi connectivity index (χ1) is 2.27. The van der Waals surface area contributed by atoms with E-state index in [4.69, 9.17) is 0 Å². The second-order valence-corrected chi connectivity index (χ2v) is 3.19. The summed E-state index contributed by atoms with van der Waals surface area (Å²) in [6.07, 6.45) is 0. The molecule has 29 valence electrons. The molecule has 0 heterocycles. The van der Waals surface area contributed by atoms with E-state index in [2.05, 4.69) is 17.1 Å². The summed E-state index contributed by atoms with van der Waals surface area (Å²) in [5.74, 6) is 0. The molecule has 0 aromatic heterocycles. The standard InChI is InChI=1S/C3H8N.Sn/c1-3-4-2;/h3H2,1-2H3;/q-1;+1. The van der Waals surface area contributed by atoms with Gasteiger partial charge in [0.2, 0.25) is 0 Å². The summed E-state index contributed by atoms with van der Waals surface area (Å²) in [6, 6.07) is 0. The summed E-state index contributed by atoms with van der Waals surface area (Å²) in [4.78, 5) is 0. The molecule has 3 radical (unpaired) electrons. The van der Waals surface area contributed by atoms with Crippen molar-refractivity contribution in [2.24, 2.45) is 0 Å². The van der Waals surface area contributed by atoms with E-state index in [1.807, 2.05) is 0 Å². The summed E-state index contributed by atoms with van der Waals surface area (Å²) >= 11 is 1.50. The minimum atomic E-state index is 1.18. The van der Waals surface area contributed by atoms with Crippen molar-refractivity contribution < 1.29 is 0 Å². The third-order valence-corrected chi connectivity index (χ3v) is 1.38. The predicted octanol–water partition coefficient (Wildman–Crippen LogP) is 0.0216. The van der Waals surface area contributed by atoms with Crippen molar-refractivity contribution in [3.63, 3.8) is 0 Å². The first-order valence-corrected chi connectivity index (χ1v) is 2.97. The summed E-state index contributed by atoms with van der Waals surface area (Å²) in [5, 5.41) is 0. The fourth-order valence-electron chi connectivity index (χ4n) is 0. The molecule has 0 unspecified atom stereocenters. The quantitative estimate of drug-likeness (QED) is 0.510. The van der Waals surface area contributed by atoms with Gasteiger partial charge in [-0.2, -0.15) is 0 Å². The van der Waals surface area contributed by atoms with Crippen LogP contribution in [0.3, 0.4) is 0 Å². The van der Waals surface area contributed by atoms with Crippen molar-refractivity contribution in [2.45, 2.75) is 6.92 Å².